The number of rotatable bonds is 6. The van der Waals surface area contributed by atoms with Crippen molar-refractivity contribution in [2.45, 2.75) is 25.8 Å². The minimum atomic E-state index is -0.191. The van der Waals surface area contributed by atoms with Gasteiger partial charge >= 0.3 is 0 Å². The number of nitrogen functional groups attached to an aromatic ring is 1. The Labute approximate surface area is 99.0 Å². The lowest BCUT2D eigenvalue weighted by molar-refractivity contribution is 0.0887. The van der Waals surface area contributed by atoms with E-state index in [2.05, 4.69) is 17.2 Å². The summed E-state index contributed by atoms with van der Waals surface area (Å²) >= 11 is 1.26. The molecular formula is C10H17N3O2S. The average Bonchev–Trinajstić information content (AvgIpc) is 2.65. The number of amides is 1. The van der Waals surface area contributed by atoms with Crippen LogP contribution in [0.15, 0.2) is 5.38 Å². The molecule has 1 unspecified atom stereocenters. The third kappa shape index (κ3) is 3.79. The number of methoxy groups -OCH3 is 1. The van der Waals surface area contributed by atoms with Crippen molar-refractivity contribution in [2.75, 3.05) is 19.5 Å². The number of hydrogen-bond donors (Lipinski definition) is 2. The monoisotopic (exact) mass is 243 g/mol. The van der Waals surface area contributed by atoms with Gasteiger partial charge in [-0.3, -0.25) is 4.79 Å². The SMILES string of the molecule is CCCC(COC)NC(=O)c1csc(N)n1. The van der Waals surface area contributed by atoms with E-state index in [9.17, 15) is 4.79 Å². The minimum Gasteiger partial charge on any atom is -0.383 e. The molecule has 0 aromatic carbocycles. The summed E-state index contributed by atoms with van der Waals surface area (Å²) in [6.45, 7) is 2.58. The van der Waals surface area contributed by atoms with E-state index in [-0.39, 0.29) is 11.9 Å². The van der Waals surface area contributed by atoms with E-state index in [1.807, 2.05) is 0 Å². The van der Waals surface area contributed by atoms with Gasteiger partial charge in [-0.25, -0.2) is 4.98 Å². The van der Waals surface area contributed by atoms with Crippen molar-refractivity contribution in [3.05, 3.63) is 11.1 Å². The molecule has 0 radical (unpaired) electrons. The van der Waals surface area contributed by atoms with Gasteiger partial charge in [0.2, 0.25) is 0 Å². The number of thiazole rings is 1. The maximum Gasteiger partial charge on any atom is 0.271 e. The number of carbonyl (C=O) groups is 1. The molecule has 3 N–H and O–H groups in total. The first-order valence-electron chi connectivity index (χ1n) is 5.18. The number of carbonyl (C=O) groups excluding carboxylic acids is 1. The third-order valence-corrected chi connectivity index (χ3v) is 2.77. The fourth-order valence-corrected chi connectivity index (χ4v) is 1.94. The zero-order chi connectivity index (χ0) is 12.0. The van der Waals surface area contributed by atoms with E-state index in [1.54, 1.807) is 12.5 Å². The maximum absolute atomic E-state index is 11.7. The first-order chi connectivity index (χ1) is 7.67. The molecule has 0 spiro atoms. The predicted octanol–water partition coefficient (Wildman–Crippen LogP) is 1.27. The van der Waals surface area contributed by atoms with Gasteiger partial charge in [0.05, 0.1) is 12.6 Å². The van der Waals surface area contributed by atoms with E-state index in [4.69, 9.17) is 10.5 Å². The molecule has 90 valence electrons. The van der Waals surface area contributed by atoms with Crippen LogP contribution < -0.4 is 11.1 Å². The molecule has 1 aromatic heterocycles. The zero-order valence-corrected chi connectivity index (χ0v) is 10.3. The van der Waals surface area contributed by atoms with Gasteiger partial charge in [-0.2, -0.15) is 0 Å². The van der Waals surface area contributed by atoms with Gasteiger partial charge in [0.25, 0.3) is 5.91 Å². The molecule has 0 saturated heterocycles. The molecule has 6 heteroatoms. The molecule has 0 aliphatic carbocycles. The van der Waals surface area contributed by atoms with Crippen molar-refractivity contribution in [3.63, 3.8) is 0 Å². The molecule has 1 heterocycles. The Bertz CT molecular complexity index is 335. The van der Waals surface area contributed by atoms with E-state index < -0.39 is 0 Å². The van der Waals surface area contributed by atoms with Crippen LogP contribution >= 0.6 is 11.3 Å². The summed E-state index contributed by atoms with van der Waals surface area (Å²) in [6.07, 6.45) is 1.88. The quantitative estimate of drug-likeness (QED) is 0.788. The molecule has 0 fully saturated rings. The van der Waals surface area contributed by atoms with Crippen LogP contribution in [0.4, 0.5) is 5.13 Å². The Morgan fingerprint density at radius 3 is 3.00 bits per heavy atom. The highest BCUT2D eigenvalue weighted by Crippen LogP contribution is 2.11. The van der Waals surface area contributed by atoms with Crippen LogP contribution in [0.25, 0.3) is 0 Å². The van der Waals surface area contributed by atoms with Gasteiger partial charge in [-0.05, 0) is 6.42 Å². The molecule has 0 bridgehead atoms. The predicted molar refractivity (Wildman–Crippen MR) is 64.6 cm³/mol. The van der Waals surface area contributed by atoms with Crippen molar-refractivity contribution in [1.82, 2.24) is 10.3 Å². The Balaban J connectivity index is 2.54. The number of aromatic nitrogens is 1. The van der Waals surface area contributed by atoms with Gasteiger partial charge in [0, 0.05) is 12.5 Å². The van der Waals surface area contributed by atoms with Crippen LogP contribution in [0, 0.1) is 0 Å². The smallest absolute Gasteiger partial charge is 0.271 e. The van der Waals surface area contributed by atoms with Gasteiger partial charge in [0.1, 0.15) is 5.69 Å². The number of nitrogens with two attached hydrogens (primary N) is 1. The molecule has 16 heavy (non-hydrogen) atoms. The number of ether oxygens (including phenoxy) is 1. The van der Waals surface area contributed by atoms with Crippen LogP contribution in [0.5, 0.6) is 0 Å². The highest BCUT2D eigenvalue weighted by molar-refractivity contribution is 7.13. The lowest BCUT2D eigenvalue weighted by Crippen LogP contribution is -2.38. The average molecular weight is 243 g/mol. The molecule has 1 amide bonds. The zero-order valence-electron chi connectivity index (χ0n) is 9.53. The molecule has 1 aromatic rings. The van der Waals surface area contributed by atoms with E-state index in [0.29, 0.717) is 17.4 Å². The van der Waals surface area contributed by atoms with E-state index >= 15 is 0 Å². The Morgan fingerprint density at radius 1 is 1.75 bits per heavy atom. The fourth-order valence-electron chi connectivity index (χ4n) is 1.40. The van der Waals surface area contributed by atoms with Gasteiger partial charge in [-0.15, -0.1) is 11.3 Å². The second-order valence-electron chi connectivity index (χ2n) is 3.49. The summed E-state index contributed by atoms with van der Waals surface area (Å²) in [5, 5.41) is 4.93. The Kier molecular flexibility index (Phi) is 5.21. The molecule has 0 saturated carbocycles. The first-order valence-corrected chi connectivity index (χ1v) is 6.06. The molecule has 0 aliphatic heterocycles. The standard InChI is InChI=1S/C10H17N3O2S/c1-3-4-7(5-15-2)12-9(14)8-6-16-10(11)13-8/h6-7H,3-5H2,1-2H3,(H2,11,13)(H,12,14). The highest BCUT2D eigenvalue weighted by Gasteiger charge is 2.14. The molecule has 0 aliphatic rings. The number of anilines is 1. The minimum absolute atomic E-state index is 0.0328. The van der Waals surface area contributed by atoms with Crippen LogP contribution in [0.3, 0.4) is 0 Å². The van der Waals surface area contributed by atoms with Crippen LogP contribution in [0.1, 0.15) is 30.3 Å². The number of hydrogen-bond acceptors (Lipinski definition) is 5. The van der Waals surface area contributed by atoms with Gasteiger partial charge in [0.15, 0.2) is 5.13 Å². The topological polar surface area (TPSA) is 77.2 Å². The molecule has 5 nitrogen and oxygen atoms in total. The van der Waals surface area contributed by atoms with Crippen LogP contribution in [-0.4, -0.2) is 30.6 Å². The number of nitrogens with zero attached hydrogens (tertiary/aromatic N) is 1. The van der Waals surface area contributed by atoms with Crippen molar-refractivity contribution >= 4 is 22.4 Å². The largest absolute Gasteiger partial charge is 0.383 e. The number of nitrogens with one attached hydrogen (secondary N) is 1. The van der Waals surface area contributed by atoms with Crippen LogP contribution in [-0.2, 0) is 4.74 Å². The second kappa shape index (κ2) is 6.44. The molecular weight excluding hydrogens is 226 g/mol. The van der Waals surface area contributed by atoms with Crippen molar-refractivity contribution in [3.8, 4) is 0 Å². The Morgan fingerprint density at radius 2 is 2.50 bits per heavy atom. The second-order valence-corrected chi connectivity index (χ2v) is 4.38. The summed E-state index contributed by atoms with van der Waals surface area (Å²) < 4.78 is 5.04. The van der Waals surface area contributed by atoms with E-state index in [1.165, 1.54) is 11.3 Å². The summed E-state index contributed by atoms with van der Waals surface area (Å²) in [4.78, 5) is 15.7. The third-order valence-electron chi connectivity index (χ3n) is 2.09. The normalized spacial score (nSPS) is 12.4. The van der Waals surface area contributed by atoms with Gasteiger partial charge in [-0.1, -0.05) is 13.3 Å². The van der Waals surface area contributed by atoms with Crippen molar-refractivity contribution < 1.29 is 9.53 Å². The van der Waals surface area contributed by atoms with Gasteiger partial charge < -0.3 is 15.8 Å². The fraction of sp³-hybridized carbons (Fsp3) is 0.600. The van der Waals surface area contributed by atoms with Crippen molar-refractivity contribution in [1.29, 1.82) is 0 Å². The summed E-state index contributed by atoms with van der Waals surface area (Å²) in [5.74, 6) is -0.191. The van der Waals surface area contributed by atoms with Crippen molar-refractivity contribution in [2.24, 2.45) is 0 Å². The Hall–Kier alpha value is -1.14. The summed E-state index contributed by atoms with van der Waals surface area (Å²) in [5.41, 5.74) is 5.84. The lowest BCUT2D eigenvalue weighted by Gasteiger charge is -2.16. The molecule has 1 rings (SSSR count). The van der Waals surface area contributed by atoms with Crippen LogP contribution in [0.2, 0.25) is 0 Å². The summed E-state index contributed by atoms with van der Waals surface area (Å²) in [6, 6.07) is 0.0328. The molecule has 1 atom stereocenters. The lowest BCUT2D eigenvalue weighted by atomic mass is 10.2. The van der Waals surface area contributed by atoms with E-state index in [0.717, 1.165) is 12.8 Å². The highest BCUT2D eigenvalue weighted by atomic mass is 32.1. The summed E-state index contributed by atoms with van der Waals surface area (Å²) in [7, 11) is 1.62. The first kappa shape index (κ1) is 12.9. The maximum atomic E-state index is 11.7.